The number of fused-ring (bicyclic) bond motifs is 1. The second-order valence-corrected chi connectivity index (χ2v) is 8.74. The third-order valence-corrected chi connectivity index (χ3v) is 6.16. The summed E-state index contributed by atoms with van der Waals surface area (Å²) in [6.07, 6.45) is 2.42. The maximum atomic E-state index is 14.9. The molecule has 0 aliphatic carbocycles. The zero-order valence-electron chi connectivity index (χ0n) is 16.7. The fraction of sp³-hybridized carbons (Fsp3) is 0.333. The van der Waals surface area contributed by atoms with Crippen molar-refractivity contribution in [3.63, 3.8) is 0 Å². The largest absolute Gasteiger partial charge is 0.465 e. The van der Waals surface area contributed by atoms with Crippen molar-refractivity contribution in [1.82, 2.24) is 14.3 Å². The lowest BCUT2D eigenvalue weighted by atomic mass is 10.0. The van der Waals surface area contributed by atoms with Gasteiger partial charge in [0.1, 0.15) is 11.5 Å². The first-order chi connectivity index (χ1) is 14.3. The van der Waals surface area contributed by atoms with Gasteiger partial charge in [-0.25, -0.2) is 14.2 Å². The SMILES string of the molecule is Cc1ccn2c(C[C@H]3CN(C(=O)O)CCO3)c(-c3ccc(S(C)=O)cc3F)nc2c1. The Morgan fingerprint density at radius 1 is 1.37 bits per heavy atom. The van der Waals surface area contributed by atoms with E-state index in [4.69, 9.17) is 4.74 Å². The van der Waals surface area contributed by atoms with Gasteiger partial charge in [0.05, 0.1) is 30.6 Å². The summed E-state index contributed by atoms with van der Waals surface area (Å²) in [6, 6.07) is 8.35. The molecule has 158 valence electrons. The lowest BCUT2D eigenvalue weighted by molar-refractivity contribution is -0.0214. The number of imidazole rings is 1. The molecule has 30 heavy (non-hydrogen) atoms. The average Bonchev–Trinajstić information content (AvgIpc) is 3.05. The second-order valence-electron chi connectivity index (χ2n) is 7.36. The van der Waals surface area contributed by atoms with Crippen LogP contribution in [0.25, 0.3) is 16.9 Å². The number of carboxylic acid groups (broad SMARTS) is 1. The zero-order chi connectivity index (χ0) is 21.4. The Morgan fingerprint density at radius 3 is 2.87 bits per heavy atom. The van der Waals surface area contributed by atoms with Crippen molar-refractivity contribution in [2.45, 2.75) is 24.3 Å². The first kappa shape index (κ1) is 20.5. The molecular formula is C21H22FN3O4S. The third-order valence-electron chi connectivity index (χ3n) is 5.24. The summed E-state index contributed by atoms with van der Waals surface area (Å²) in [4.78, 5) is 17.7. The summed E-state index contributed by atoms with van der Waals surface area (Å²) < 4.78 is 34.3. The number of nitrogens with zero attached hydrogens (tertiary/aromatic N) is 3. The number of aromatic nitrogens is 2. The Hall–Kier alpha value is -2.78. The Balaban J connectivity index is 1.78. The molecule has 2 atom stereocenters. The monoisotopic (exact) mass is 431 g/mol. The molecule has 1 aromatic carbocycles. The van der Waals surface area contributed by atoms with Crippen LogP contribution >= 0.6 is 0 Å². The van der Waals surface area contributed by atoms with Crippen molar-refractivity contribution in [3.8, 4) is 11.3 Å². The number of amides is 1. The predicted octanol–water partition coefficient (Wildman–Crippen LogP) is 3.11. The number of halogens is 1. The van der Waals surface area contributed by atoms with E-state index in [1.807, 2.05) is 29.7 Å². The number of hydrogen-bond acceptors (Lipinski definition) is 4. The van der Waals surface area contributed by atoms with Crippen molar-refractivity contribution in [2.24, 2.45) is 0 Å². The summed E-state index contributed by atoms with van der Waals surface area (Å²) in [5, 5.41) is 9.30. The van der Waals surface area contributed by atoms with Gasteiger partial charge in [0.2, 0.25) is 0 Å². The van der Waals surface area contributed by atoms with Crippen LogP contribution in [0.5, 0.6) is 0 Å². The minimum Gasteiger partial charge on any atom is -0.465 e. The van der Waals surface area contributed by atoms with Crippen LogP contribution in [0.1, 0.15) is 11.3 Å². The topological polar surface area (TPSA) is 84.1 Å². The van der Waals surface area contributed by atoms with E-state index in [1.165, 1.54) is 17.2 Å². The Kier molecular flexibility index (Phi) is 5.57. The van der Waals surface area contributed by atoms with Crippen molar-refractivity contribution >= 4 is 22.5 Å². The molecule has 7 nitrogen and oxygen atoms in total. The Bertz CT molecular complexity index is 1150. The van der Waals surface area contributed by atoms with Gasteiger partial charge < -0.3 is 19.1 Å². The van der Waals surface area contributed by atoms with Crippen LogP contribution < -0.4 is 0 Å². The molecule has 1 saturated heterocycles. The van der Waals surface area contributed by atoms with Crippen LogP contribution in [0.3, 0.4) is 0 Å². The molecule has 3 heterocycles. The molecular weight excluding hydrogens is 409 g/mol. The number of benzene rings is 1. The van der Waals surface area contributed by atoms with Gasteiger partial charge in [-0.1, -0.05) is 0 Å². The highest BCUT2D eigenvalue weighted by Gasteiger charge is 2.27. The van der Waals surface area contributed by atoms with Crippen LogP contribution in [0.15, 0.2) is 41.4 Å². The van der Waals surface area contributed by atoms with E-state index >= 15 is 0 Å². The van der Waals surface area contributed by atoms with Crippen LogP contribution in [0, 0.1) is 12.7 Å². The molecule has 1 fully saturated rings. The molecule has 9 heteroatoms. The molecule has 0 spiro atoms. The predicted molar refractivity (Wildman–Crippen MR) is 111 cm³/mol. The second kappa shape index (κ2) is 8.16. The number of rotatable bonds is 4. The molecule has 0 saturated carbocycles. The van der Waals surface area contributed by atoms with Crippen molar-refractivity contribution < 1.29 is 23.2 Å². The average molecular weight is 431 g/mol. The highest BCUT2D eigenvalue weighted by molar-refractivity contribution is 7.84. The van der Waals surface area contributed by atoms with Crippen molar-refractivity contribution in [3.05, 3.63) is 53.6 Å². The number of hydrogen-bond donors (Lipinski definition) is 1. The number of morpholine rings is 1. The fourth-order valence-corrected chi connectivity index (χ4v) is 4.24. The summed E-state index contributed by atoms with van der Waals surface area (Å²) >= 11 is 0. The van der Waals surface area contributed by atoms with E-state index in [0.29, 0.717) is 41.4 Å². The van der Waals surface area contributed by atoms with Crippen LogP contribution in [-0.2, 0) is 22.0 Å². The van der Waals surface area contributed by atoms with E-state index in [0.717, 1.165) is 11.3 Å². The Morgan fingerprint density at radius 2 is 2.17 bits per heavy atom. The zero-order valence-corrected chi connectivity index (χ0v) is 17.5. The quantitative estimate of drug-likeness (QED) is 0.686. The summed E-state index contributed by atoms with van der Waals surface area (Å²) in [7, 11) is -1.29. The van der Waals surface area contributed by atoms with Crippen LogP contribution in [0.2, 0.25) is 0 Å². The van der Waals surface area contributed by atoms with Gasteiger partial charge in [-0.15, -0.1) is 0 Å². The van der Waals surface area contributed by atoms with E-state index in [-0.39, 0.29) is 12.6 Å². The lowest BCUT2D eigenvalue weighted by Crippen LogP contribution is -2.45. The molecule has 1 aliphatic rings. The minimum absolute atomic E-state index is 0.240. The maximum Gasteiger partial charge on any atom is 0.407 e. The van der Waals surface area contributed by atoms with Crippen LogP contribution in [0.4, 0.5) is 9.18 Å². The minimum atomic E-state index is -1.29. The standard InChI is InChI=1S/C21H22FN3O4S/c1-13-5-6-25-18(10-14-12-24(21(26)27)7-8-29-14)20(23-19(25)9-13)16-4-3-15(30(2)28)11-17(16)22/h3-6,9,11,14H,7-8,10,12H2,1-2H3,(H,26,27)/t14-,30?/m0/s1. The maximum absolute atomic E-state index is 14.9. The summed E-state index contributed by atoms with van der Waals surface area (Å²) in [5.74, 6) is -0.499. The van der Waals surface area contributed by atoms with E-state index in [2.05, 4.69) is 4.98 Å². The summed E-state index contributed by atoms with van der Waals surface area (Å²) in [5.41, 5.74) is 3.22. The molecule has 1 aliphatic heterocycles. The number of aryl methyl sites for hydroxylation is 1. The van der Waals surface area contributed by atoms with Gasteiger partial charge in [0.25, 0.3) is 0 Å². The van der Waals surface area contributed by atoms with E-state index < -0.39 is 22.7 Å². The highest BCUT2D eigenvalue weighted by Crippen LogP contribution is 2.30. The molecule has 1 unspecified atom stereocenters. The molecule has 4 rings (SSSR count). The van der Waals surface area contributed by atoms with Gasteiger partial charge >= 0.3 is 6.09 Å². The number of ether oxygens (including phenoxy) is 1. The van der Waals surface area contributed by atoms with Gasteiger partial charge in [-0.05, 0) is 42.8 Å². The molecule has 1 N–H and O–H groups in total. The summed E-state index contributed by atoms with van der Waals surface area (Å²) in [6.45, 7) is 2.84. The third kappa shape index (κ3) is 3.95. The van der Waals surface area contributed by atoms with Crippen molar-refractivity contribution in [1.29, 1.82) is 0 Å². The normalized spacial score (nSPS) is 18.0. The smallest absolute Gasteiger partial charge is 0.407 e. The van der Waals surface area contributed by atoms with Gasteiger partial charge in [-0.3, -0.25) is 4.21 Å². The van der Waals surface area contributed by atoms with E-state index in [9.17, 15) is 18.5 Å². The van der Waals surface area contributed by atoms with E-state index in [1.54, 1.807) is 12.1 Å². The fourth-order valence-electron chi connectivity index (χ4n) is 3.71. The molecule has 0 radical (unpaired) electrons. The van der Waals surface area contributed by atoms with Gasteiger partial charge in [-0.2, -0.15) is 0 Å². The highest BCUT2D eigenvalue weighted by atomic mass is 32.2. The molecule has 1 amide bonds. The molecule has 3 aromatic rings. The Labute approximate surface area is 175 Å². The van der Waals surface area contributed by atoms with Crippen LogP contribution in [-0.4, -0.2) is 61.7 Å². The first-order valence-electron chi connectivity index (χ1n) is 9.54. The lowest BCUT2D eigenvalue weighted by Gasteiger charge is -2.31. The number of carbonyl (C=O) groups is 1. The number of pyridine rings is 1. The van der Waals surface area contributed by atoms with Crippen molar-refractivity contribution in [2.75, 3.05) is 26.0 Å². The van der Waals surface area contributed by atoms with Gasteiger partial charge in [0, 0.05) is 46.7 Å². The molecule has 0 bridgehead atoms. The van der Waals surface area contributed by atoms with Gasteiger partial charge in [0.15, 0.2) is 0 Å². The molecule has 2 aromatic heterocycles. The first-order valence-corrected chi connectivity index (χ1v) is 11.1.